The summed E-state index contributed by atoms with van der Waals surface area (Å²) >= 11 is 0. The van der Waals surface area contributed by atoms with Gasteiger partial charge in [-0.3, -0.25) is 9.69 Å². The molecule has 0 spiro atoms. The standard InChI is InChI=1S/C17H25FN2O2/c1-13(21)16-5-3-4-10-20(16)12-17(22)19(2)11-14-6-8-15(18)9-7-14/h6-9,13,16,21H,3-5,10-12H2,1-2H3/t13-,16+/m1/s1. The second-order valence-electron chi connectivity index (χ2n) is 6.15. The van der Waals surface area contributed by atoms with Crippen molar-refractivity contribution in [2.24, 2.45) is 0 Å². The highest BCUT2D eigenvalue weighted by molar-refractivity contribution is 5.78. The molecule has 0 bridgehead atoms. The summed E-state index contributed by atoms with van der Waals surface area (Å²) in [5.74, 6) is -0.248. The van der Waals surface area contributed by atoms with E-state index in [0.29, 0.717) is 13.1 Å². The van der Waals surface area contributed by atoms with Crippen molar-refractivity contribution < 1.29 is 14.3 Å². The van der Waals surface area contributed by atoms with Gasteiger partial charge in [-0.05, 0) is 44.0 Å². The molecular formula is C17H25FN2O2. The Kier molecular flexibility index (Phi) is 5.91. The average Bonchev–Trinajstić information content (AvgIpc) is 2.49. The fraction of sp³-hybridized carbons (Fsp3) is 0.588. The Morgan fingerprint density at radius 3 is 2.73 bits per heavy atom. The fourth-order valence-corrected chi connectivity index (χ4v) is 3.01. The molecule has 22 heavy (non-hydrogen) atoms. The highest BCUT2D eigenvalue weighted by Gasteiger charge is 2.28. The summed E-state index contributed by atoms with van der Waals surface area (Å²) in [6.45, 7) is 3.43. The molecule has 2 atom stereocenters. The molecule has 1 heterocycles. The van der Waals surface area contributed by atoms with Crippen LogP contribution < -0.4 is 0 Å². The third-order valence-electron chi connectivity index (χ3n) is 4.32. The van der Waals surface area contributed by atoms with Gasteiger partial charge in [0.2, 0.25) is 5.91 Å². The number of aliphatic hydroxyl groups excluding tert-OH is 1. The van der Waals surface area contributed by atoms with E-state index in [4.69, 9.17) is 0 Å². The van der Waals surface area contributed by atoms with Gasteiger partial charge in [0.1, 0.15) is 5.82 Å². The van der Waals surface area contributed by atoms with Gasteiger partial charge in [0.15, 0.2) is 0 Å². The first kappa shape index (κ1) is 16.9. The number of hydrogen-bond donors (Lipinski definition) is 1. The molecule has 122 valence electrons. The number of rotatable bonds is 5. The number of likely N-dealkylation sites (tertiary alicyclic amines) is 1. The van der Waals surface area contributed by atoms with E-state index in [1.54, 1.807) is 31.0 Å². The molecule has 1 aliphatic heterocycles. The molecule has 0 aromatic heterocycles. The Hall–Kier alpha value is -1.46. The van der Waals surface area contributed by atoms with E-state index in [-0.39, 0.29) is 17.8 Å². The lowest BCUT2D eigenvalue weighted by atomic mass is 9.98. The number of hydrogen-bond acceptors (Lipinski definition) is 3. The number of carbonyl (C=O) groups is 1. The molecule has 0 radical (unpaired) electrons. The van der Waals surface area contributed by atoms with Crippen molar-refractivity contribution in [3.63, 3.8) is 0 Å². The lowest BCUT2D eigenvalue weighted by molar-refractivity contribution is -0.133. The van der Waals surface area contributed by atoms with E-state index in [0.717, 1.165) is 31.4 Å². The van der Waals surface area contributed by atoms with Crippen molar-refractivity contribution >= 4 is 5.91 Å². The van der Waals surface area contributed by atoms with Gasteiger partial charge >= 0.3 is 0 Å². The summed E-state index contributed by atoms with van der Waals surface area (Å²) in [5.41, 5.74) is 0.906. The SMILES string of the molecule is C[C@@H](O)[C@@H]1CCCCN1CC(=O)N(C)Cc1ccc(F)cc1. The van der Waals surface area contributed by atoms with Crippen LogP contribution in [0.2, 0.25) is 0 Å². The van der Waals surface area contributed by atoms with Crippen molar-refractivity contribution in [1.29, 1.82) is 0 Å². The van der Waals surface area contributed by atoms with Crippen molar-refractivity contribution in [3.8, 4) is 0 Å². The lowest BCUT2D eigenvalue weighted by Gasteiger charge is -2.37. The molecular weight excluding hydrogens is 283 g/mol. The quantitative estimate of drug-likeness (QED) is 0.905. The zero-order chi connectivity index (χ0) is 16.1. The van der Waals surface area contributed by atoms with E-state index >= 15 is 0 Å². The van der Waals surface area contributed by atoms with Gasteiger partial charge in [0, 0.05) is 19.6 Å². The summed E-state index contributed by atoms with van der Waals surface area (Å²) in [7, 11) is 1.76. The molecule has 4 nitrogen and oxygen atoms in total. The van der Waals surface area contributed by atoms with Crippen LogP contribution in [0.5, 0.6) is 0 Å². The number of amides is 1. The Labute approximate surface area is 131 Å². The summed E-state index contributed by atoms with van der Waals surface area (Å²) in [5, 5.41) is 9.86. The highest BCUT2D eigenvalue weighted by Crippen LogP contribution is 2.19. The van der Waals surface area contributed by atoms with E-state index in [1.807, 2.05) is 0 Å². The summed E-state index contributed by atoms with van der Waals surface area (Å²) < 4.78 is 12.9. The number of halogens is 1. The van der Waals surface area contributed by atoms with E-state index in [2.05, 4.69) is 4.90 Å². The number of carbonyl (C=O) groups excluding carboxylic acids is 1. The van der Waals surface area contributed by atoms with Crippen LogP contribution in [0, 0.1) is 5.82 Å². The van der Waals surface area contributed by atoms with E-state index in [9.17, 15) is 14.3 Å². The molecule has 2 rings (SSSR count). The zero-order valence-corrected chi connectivity index (χ0v) is 13.3. The second kappa shape index (κ2) is 7.70. The third-order valence-corrected chi connectivity index (χ3v) is 4.32. The summed E-state index contributed by atoms with van der Waals surface area (Å²) in [6, 6.07) is 6.26. The maximum atomic E-state index is 12.9. The predicted molar refractivity (Wildman–Crippen MR) is 83.8 cm³/mol. The van der Waals surface area contributed by atoms with Gasteiger partial charge in [0.05, 0.1) is 12.6 Å². The molecule has 1 aliphatic rings. The molecule has 1 saturated heterocycles. The van der Waals surface area contributed by atoms with Crippen LogP contribution in [0.3, 0.4) is 0 Å². The number of likely N-dealkylation sites (N-methyl/N-ethyl adjacent to an activating group) is 1. The molecule has 1 fully saturated rings. The van der Waals surface area contributed by atoms with Crippen LogP contribution in [-0.2, 0) is 11.3 Å². The number of piperidine rings is 1. The molecule has 1 aromatic rings. The van der Waals surface area contributed by atoms with Crippen molar-refractivity contribution in [3.05, 3.63) is 35.6 Å². The first-order chi connectivity index (χ1) is 10.5. The van der Waals surface area contributed by atoms with Crippen LogP contribution in [0.25, 0.3) is 0 Å². The largest absolute Gasteiger partial charge is 0.392 e. The minimum Gasteiger partial charge on any atom is -0.392 e. The lowest BCUT2D eigenvalue weighted by Crippen LogP contribution is -2.49. The number of nitrogens with zero attached hydrogens (tertiary/aromatic N) is 2. The molecule has 0 saturated carbocycles. The minimum atomic E-state index is -0.421. The van der Waals surface area contributed by atoms with Gasteiger partial charge in [-0.1, -0.05) is 18.6 Å². The van der Waals surface area contributed by atoms with Crippen LogP contribution in [-0.4, -0.2) is 53.1 Å². The number of benzene rings is 1. The normalized spacial score (nSPS) is 20.6. The smallest absolute Gasteiger partial charge is 0.236 e. The first-order valence-corrected chi connectivity index (χ1v) is 7.88. The fourth-order valence-electron chi connectivity index (χ4n) is 3.01. The Morgan fingerprint density at radius 2 is 2.09 bits per heavy atom. The zero-order valence-electron chi connectivity index (χ0n) is 13.3. The molecule has 1 N–H and O–H groups in total. The van der Waals surface area contributed by atoms with Gasteiger partial charge in [-0.15, -0.1) is 0 Å². The first-order valence-electron chi connectivity index (χ1n) is 7.88. The van der Waals surface area contributed by atoms with Gasteiger partial charge in [-0.2, -0.15) is 0 Å². The summed E-state index contributed by atoms with van der Waals surface area (Å²) in [6.07, 6.45) is 2.69. The minimum absolute atomic E-state index is 0.0249. The van der Waals surface area contributed by atoms with Gasteiger partial charge in [0.25, 0.3) is 0 Å². The topological polar surface area (TPSA) is 43.8 Å². The average molecular weight is 308 g/mol. The van der Waals surface area contributed by atoms with Crippen LogP contribution in [0.1, 0.15) is 31.7 Å². The Balaban J connectivity index is 1.91. The van der Waals surface area contributed by atoms with Crippen LogP contribution in [0.4, 0.5) is 4.39 Å². The van der Waals surface area contributed by atoms with Crippen molar-refractivity contribution in [2.75, 3.05) is 20.1 Å². The highest BCUT2D eigenvalue weighted by atomic mass is 19.1. The number of aliphatic hydroxyl groups is 1. The molecule has 5 heteroatoms. The van der Waals surface area contributed by atoms with Crippen LogP contribution in [0.15, 0.2) is 24.3 Å². The van der Waals surface area contributed by atoms with E-state index < -0.39 is 6.10 Å². The monoisotopic (exact) mass is 308 g/mol. The van der Waals surface area contributed by atoms with Crippen molar-refractivity contribution in [1.82, 2.24) is 9.80 Å². The van der Waals surface area contributed by atoms with Gasteiger partial charge in [-0.25, -0.2) is 4.39 Å². The molecule has 0 aliphatic carbocycles. The molecule has 0 unspecified atom stereocenters. The maximum absolute atomic E-state index is 12.9. The maximum Gasteiger partial charge on any atom is 0.236 e. The molecule has 1 aromatic carbocycles. The van der Waals surface area contributed by atoms with Crippen LogP contribution >= 0.6 is 0 Å². The second-order valence-corrected chi connectivity index (χ2v) is 6.15. The van der Waals surface area contributed by atoms with Gasteiger partial charge < -0.3 is 10.0 Å². The predicted octanol–water partition coefficient (Wildman–Crippen LogP) is 2.02. The third kappa shape index (κ3) is 4.52. The Morgan fingerprint density at radius 1 is 1.41 bits per heavy atom. The van der Waals surface area contributed by atoms with Crippen molar-refractivity contribution in [2.45, 2.75) is 44.9 Å². The summed E-state index contributed by atoms with van der Waals surface area (Å²) in [4.78, 5) is 16.1. The molecule has 1 amide bonds. The van der Waals surface area contributed by atoms with E-state index in [1.165, 1.54) is 12.1 Å². The Bertz CT molecular complexity index is 490.